The maximum Gasteiger partial charge on any atom is 0.0998 e. The van der Waals surface area contributed by atoms with Crippen molar-refractivity contribution < 1.29 is 9.84 Å². The van der Waals surface area contributed by atoms with Crippen LogP contribution in [0.15, 0.2) is 48.5 Å². The molecule has 0 aromatic heterocycles. The zero-order chi connectivity index (χ0) is 16.6. The van der Waals surface area contributed by atoms with Crippen LogP contribution in [0.25, 0.3) is 11.1 Å². The van der Waals surface area contributed by atoms with E-state index in [1.807, 2.05) is 36.4 Å². The molecule has 0 aliphatic carbocycles. The minimum atomic E-state index is -0.643. The summed E-state index contributed by atoms with van der Waals surface area (Å²) in [5.74, 6) is 0. The van der Waals surface area contributed by atoms with E-state index in [1.165, 1.54) is 0 Å². The molecule has 2 aromatic rings. The van der Waals surface area contributed by atoms with Crippen LogP contribution in [0.4, 0.5) is 0 Å². The monoisotopic (exact) mass is 319 g/mol. The molecule has 24 heavy (non-hydrogen) atoms. The lowest BCUT2D eigenvalue weighted by atomic mass is 9.84. The Hall–Kier alpha value is -2.15. The Bertz CT molecular complexity index is 763. The number of nitrogens with zero attached hydrogens (tertiary/aromatic N) is 1. The van der Waals surface area contributed by atoms with Gasteiger partial charge < -0.3 is 9.84 Å². The van der Waals surface area contributed by atoms with Crippen molar-refractivity contribution in [2.24, 2.45) is 0 Å². The van der Waals surface area contributed by atoms with Gasteiger partial charge in [0.2, 0.25) is 0 Å². The van der Waals surface area contributed by atoms with Gasteiger partial charge in [-0.1, -0.05) is 42.5 Å². The predicted octanol–water partition coefficient (Wildman–Crippen LogP) is 3.84. The van der Waals surface area contributed by atoms with Crippen molar-refractivity contribution in [1.82, 2.24) is 0 Å². The maximum atomic E-state index is 11.0. The molecule has 2 bridgehead atoms. The third-order valence-electron chi connectivity index (χ3n) is 5.26. The van der Waals surface area contributed by atoms with Gasteiger partial charge in [-0.25, -0.2) is 0 Å². The molecule has 4 rings (SSSR count). The van der Waals surface area contributed by atoms with E-state index in [2.05, 4.69) is 18.2 Å². The molecule has 2 fully saturated rings. The highest BCUT2D eigenvalue weighted by molar-refractivity contribution is 5.70. The molecular weight excluding hydrogens is 298 g/mol. The van der Waals surface area contributed by atoms with Gasteiger partial charge >= 0.3 is 0 Å². The van der Waals surface area contributed by atoms with Gasteiger partial charge in [0.25, 0.3) is 0 Å². The van der Waals surface area contributed by atoms with E-state index in [4.69, 9.17) is 4.74 Å². The van der Waals surface area contributed by atoms with E-state index < -0.39 is 5.60 Å². The van der Waals surface area contributed by atoms with Crippen LogP contribution in [0.1, 0.15) is 36.8 Å². The number of nitriles is 1. The highest BCUT2D eigenvalue weighted by atomic mass is 16.5. The first kappa shape index (κ1) is 15.4. The van der Waals surface area contributed by atoms with Crippen molar-refractivity contribution in [1.29, 1.82) is 5.26 Å². The van der Waals surface area contributed by atoms with Crippen LogP contribution < -0.4 is 0 Å². The minimum Gasteiger partial charge on any atom is -0.389 e. The first-order valence-corrected chi connectivity index (χ1v) is 8.61. The van der Waals surface area contributed by atoms with Gasteiger partial charge in [-0.05, 0) is 35.6 Å². The Balaban J connectivity index is 1.53. The molecule has 2 atom stereocenters. The lowest BCUT2D eigenvalue weighted by Gasteiger charge is -2.36. The molecule has 0 radical (unpaired) electrons. The summed E-state index contributed by atoms with van der Waals surface area (Å²) in [6.45, 7) is 0. The molecule has 0 amide bonds. The molecule has 2 aliphatic rings. The molecule has 2 unspecified atom stereocenters. The van der Waals surface area contributed by atoms with E-state index in [0.29, 0.717) is 12.0 Å². The molecule has 3 nitrogen and oxygen atoms in total. The summed E-state index contributed by atoms with van der Waals surface area (Å²) in [4.78, 5) is 0. The van der Waals surface area contributed by atoms with Crippen molar-refractivity contribution in [3.63, 3.8) is 0 Å². The van der Waals surface area contributed by atoms with Gasteiger partial charge in [-0.3, -0.25) is 0 Å². The van der Waals surface area contributed by atoms with Crippen molar-refractivity contribution in [3.8, 4) is 17.2 Å². The second kappa shape index (κ2) is 6.05. The van der Waals surface area contributed by atoms with Crippen LogP contribution in [0.5, 0.6) is 0 Å². The fourth-order valence-electron chi connectivity index (χ4n) is 4.17. The largest absolute Gasteiger partial charge is 0.389 e. The molecule has 2 saturated heterocycles. The molecule has 2 aromatic carbocycles. The van der Waals surface area contributed by atoms with Crippen LogP contribution in [0.2, 0.25) is 0 Å². The number of rotatable bonds is 3. The predicted molar refractivity (Wildman–Crippen MR) is 92.4 cm³/mol. The summed E-state index contributed by atoms with van der Waals surface area (Å²) in [7, 11) is 0. The number of aliphatic hydroxyl groups is 1. The van der Waals surface area contributed by atoms with Crippen molar-refractivity contribution in [2.75, 3.05) is 0 Å². The normalized spacial score (nSPS) is 28.5. The number of benzene rings is 2. The van der Waals surface area contributed by atoms with E-state index in [1.54, 1.807) is 0 Å². The van der Waals surface area contributed by atoms with Crippen molar-refractivity contribution in [2.45, 2.75) is 49.9 Å². The zero-order valence-electron chi connectivity index (χ0n) is 13.6. The second-order valence-electron chi connectivity index (χ2n) is 7.12. The van der Waals surface area contributed by atoms with Gasteiger partial charge in [-0.15, -0.1) is 0 Å². The van der Waals surface area contributed by atoms with Crippen LogP contribution in [-0.4, -0.2) is 22.9 Å². The molecular formula is C21H21NO2. The third-order valence-corrected chi connectivity index (χ3v) is 5.26. The van der Waals surface area contributed by atoms with E-state index >= 15 is 0 Å². The van der Waals surface area contributed by atoms with Crippen LogP contribution in [0.3, 0.4) is 0 Å². The molecule has 0 spiro atoms. The quantitative estimate of drug-likeness (QED) is 0.935. The smallest absolute Gasteiger partial charge is 0.0998 e. The molecule has 2 heterocycles. The standard InChI is InChI=1S/C21H21NO2/c22-14-17-3-1-2-4-20(17)16-7-5-15(6-8-16)11-21(23)12-18-9-10-19(13-21)24-18/h1-8,18-19,23H,9-13H2. The highest BCUT2D eigenvalue weighted by Gasteiger charge is 2.43. The Morgan fingerprint density at radius 2 is 1.71 bits per heavy atom. The number of ether oxygens (including phenoxy) is 1. The topological polar surface area (TPSA) is 53.2 Å². The summed E-state index contributed by atoms with van der Waals surface area (Å²) < 4.78 is 5.84. The van der Waals surface area contributed by atoms with Crippen LogP contribution in [0, 0.1) is 11.3 Å². The summed E-state index contributed by atoms with van der Waals surface area (Å²) in [5, 5.41) is 20.2. The zero-order valence-corrected chi connectivity index (χ0v) is 13.6. The Morgan fingerprint density at radius 1 is 1.04 bits per heavy atom. The van der Waals surface area contributed by atoms with Gasteiger partial charge in [0.1, 0.15) is 0 Å². The first-order chi connectivity index (χ1) is 11.6. The lowest BCUT2D eigenvalue weighted by molar-refractivity contribution is -0.110. The third kappa shape index (κ3) is 2.96. The number of fused-ring (bicyclic) bond motifs is 2. The second-order valence-corrected chi connectivity index (χ2v) is 7.12. The number of hydrogen-bond acceptors (Lipinski definition) is 3. The average Bonchev–Trinajstić information content (AvgIpc) is 2.94. The average molecular weight is 319 g/mol. The lowest BCUT2D eigenvalue weighted by Crippen LogP contribution is -2.42. The van der Waals surface area contributed by atoms with Gasteiger partial charge in [0.05, 0.1) is 29.4 Å². The van der Waals surface area contributed by atoms with Crippen LogP contribution >= 0.6 is 0 Å². The summed E-state index contributed by atoms with van der Waals surface area (Å²) in [6, 6.07) is 18.1. The molecule has 1 N–H and O–H groups in total. The van der Waals surface area contributed by atoms with Crippen molar-refractivity contribution >= 4 is 0 Å². The van der Waals surface area contributed by atoms with Gasteiger partial charge in [-0.2, -0.15) is 5.26 Å². The fraction of sp³-hybridized carbons (Fsp3) is 0.381. The van der Waals surface area contributed by atoms with Gasteiger partial charge in [0.15, 0.2) is 0 Å². The minimum absolute atomic E-state index is 0.232. The summed E-state index contributed by atoms with van der Waals surface area (Å²) in [5.41, 5.74) is 3.17. The van der Waals surface area contributed by atoms with Crippen molar-refractivity contribution in [3.05, 3.63) is 59.7 Å². The molecule has 0 saturated carbocycles. The fourth-order valence-corrected chi connectivity index (χ4v) is 4.17. The number of hydrogen-bond donors (Lipinski definition) is 1. The molecule has 2 aliphatic heterocycles. The van der Waals surface area contributed by atoms with Gasteiger partial charge in [0, 0.05) is 19.3 Å². The highest BCUT2D eigenvalue weighted by Crippen LogP contribution is 2.40. The maximum absolute atomic E-state index is 11.0. The molecule has 122 valence electrons. The summed E-state index contributed by atoms with van der Waals surface area (Å²) in [6.07, 6.45) is 4.77. The Morgan fingerprint density at radius 3 is 2.38 bits per heavy atom. The SMILES string of the molecule is N#Cc1ccccc1-c1ccc(CC2(O)CC3CCC(C2)O3)cc1. The van der Waals surface area contributed by atoms with E-state index in [9.17, 15) is 10.4 Å². The molecule has 3 heteroatoms. The summed E-state index contributed by atoms with van der Waals surface area (Å²) >= 11 is 0. The Labute approximate surface area is 142 Å². The van der Waals surface area contributed by atoms with Crippen LogP contribution in [-0.2, 0) is 11.2 Å². The first-order valence-electron chi connectivity index (χ1n) is 8.61. The van der Waals surface area contributed by atoms with E-state index in [-0.39, 0.29) is 12.2 Å². The van der Waals surface area contributed by atoms with E-state index in [0.717, 1.165) is 42.4 Å². The Kier molecular flexibility index (Phi) is 3.88.